The van der Waals surface area contributed by atoms with E-state index in [1.807, 2.05) is 6.92 Å². The number of aromatic nitrogens is 3. The van der Waals surface area contributed by atoms with E-state index >= 15 is 0 Å². The molecular weight excluding hydrogens is 293 g/mol. The molecule has 0 amide bonds. The third-order valence-corrected chi connectivity index (χ3v) is 4.07. The zero-order valence-corrected chi connectivity index (χ0v) is 13.7. The van der Waals surface area contributed by atoms with Crippen LogP contribution in [0, 0.1) is 12.7 Å². The molecule has 0 saturated carbocycles. The fourth-order valence-corrected chi connectivity index (χ4v) is 2.80. The van der Waals surface area contributed by atoms with Gasteiger partial charge in [-0.15, -0.1) is 0 Å². The van der Waals surface area contributed by atoms with E-state index in [9.17, 15) is 4.39 Å². The van der Waals surface area contributed by atoms with Crippen LogP contribution in [-0.4, -0.2) is 46.0 Å². The SMILES string of the molecule is CCc1nc(C)cc(N2CCN(Cc3ccc(F)cn3)CC2)n1. The molecule has 0 N–H and O–H groups in total. The summed E-state index contributed by atoms with van der Waals surface area (Å²) in [5, 5.41) is 0. The Balaban J connectivity index is 1.60. The van der Waals surface area contributed by atoms with E-state index in [-0.39, 0.29) is 5.82 Å². The predicted octanol–water partition coefficient (Wildman–Crippen LogP) is 2.20. The first-order valence-corrected chi connectivity index (χ1v) is 8.06. The average molecular weight is 315 g/mol. The molecule has 1 aliphatic rings. The van der Waals surface area contributed by atoms with Crippen LogP contribution in [0.15, 0.2) is 24.4 Å². The Morgan fingerprint density at radius 1 is 1.13 bits per heavy atom. The van der Waals surface area contributed by atoms with E-state index in [2.05, 4.69) is 37.7 Å². The maximum atomic E-state index is 12.9. The molecule has 0 unspecified atom stereocenters. The highest BCUT2D eigenvalue weighted by molar-refractivity contribution is 5.40. The van der Waals surface area contributed by atoms with Crippen LogP contribution >= 0.6 is 0 Å². The van der Waals surface area contributed by atoms with Gasteiger partial charge in [0.1, 0.15) is 17.5 Å². The molecule has 1 fully saturated rings. The molecule has 6 heteroatoms. The van der Waals surface area contributed by atoms with E-state index in [1.54, 1.807) is 6.07 Å². The number of halogens is 1. The lowest BCUT2D eigenvalue weighted by atomic mass is 10.2. The van der Waals surface area contributed by atoms with Crippen molar-refractivity contribution in [1.29, 1.82) is 0 Å². The summed E-state index contributed by atoms with van der Waals surface area (Å²) in [6, 6.07) is 5.27. The lowest BCUT2D eigenvalue weighted by Crippen LogP contribution is -2.46. The standard InChI is InChI=1S/C17H22FN5/c1-3-16-20-13(2)10-17(21-16)23-8-6-22(7-9-23)12-15-5-4-14(18)11-19-15/h4-5,10-11H,3,6-9,12H2,1-2H3. The minimum absolute atomic E-state index is 0.288. The highest BCUT2D eigenvalue weighted by atomic mass is 19.1. The van der Waals surface area contributed by atoms with Gasteiger partial charge in [-0.25, -0.2) is 14.4 Å². The molecule has 1 aliphatic heterocycles. The van der Waals surface area contributed by atoms with Gasteiger partial charge in [0.25, 0.3) is 0 Å². The average Bonchev–Trinajstić information content (AvgIpc) is 2.57. The highest BCUT2D eigenvalue weighted by Gasteiger charge is 2.19. The van der Waals surface area contributed by atoms with Gasteiger partial charge in [0.2, 0.25) is 0 Å². The van der Waals surface area contributed by atoms with E-state index in [4.69, 9.17) is 0 Å². The van der Waals surface area contributed by atoms with Gasteiger partial charge in [0, 0.05) is 50.9 Å². The van der Waals surface area contributed by atoms with Crippen LogP contribution in [0.4, 0.5) is 10.2 Å². The monoisotopic (exact) mass is 315 g/mol. The molecule has 3 heterocycles. The van der Waals surface area contributed by atoms with Gasteiger partial charge in [0.15, 0.2) is 0 Å². The second kappa shape index (κ2) is 7.00. The van der Waals surface area contributed by atoms with E-state index in [0.29, 0.717) is 0 Å². The Hall–Kier alpha value is -2.08. The van der Waals surface area contributed by atoms with Crippen molar-refractivity contribution in [3.8, 4) is 0 Å². The summed E-state index contributed by atoms with van der Waals surface area (Å²) >= 11 is 0. The van der Waals surface area contributed by atoms with Gasteiger partial charge < -0.3 is 4.90 Å². The third kappa shape index (κ3) is 4.01. The van der Waals surface area contributed by atoms with Gasteiger partial charge in [-0.2, -0.15) is 0 Å². The summed E-state index contributed by atoms with van der Waals surface area (Å²) in [6.45, 7) is 8.61. The molecule has 2 aromatic rings. The number of aryl methyl sites for hydroxylation is 2. The van der Waals surface area contributed by atoms with Gasteiger partial charge in [0.05, 0.1) is 11.9 Å². The Kier molecular flexibility index (Phi) is 4.81. The molecular formula is C17H22FN5. The first-order chi connectivity index (χ1) is 11.1. The van der Waals surface area contributed by atoms with Gasteiger partial charge in [-0.1, -0.05) is 6.92 Å². The van der Waals surface area contributed by atoms with Crippen molar-refractivity contribution in [3.63, 3.8) is 0 Å². The molecule has 5 nitrogen and oxygen atoms in total. The summed E-state index contributed by atoms with van der Waals surface area (Å²) in [4.78, 5) is 17.9. The van der Waals surface area contributed by atoms with Crippen molar-refractivity contribution in [2.45, 2.75) is 26.8 Å². The molecule has 0 aromatic carbocycles. The summed E-state index contributed by atoms with van der Waals surface area (Å²) in [5.74, 6) is 1.64. The van der Waals surface area contributed by atoms with E-state index < -0.39 is 0 Å². The number of hydrogen-bond acceptors (Lipinski definition) is 5. The first-order valence-electron chi connectivity index (χ1n) is 8.06. The second-order valence-electron chi connectivity index (χ2n) is 5.87. The fraction of sp³-hybridized carbons (Fsp3) is 0.471. The van der Waals surface area contributed by atoms with Crippen LogP contribution in [0.25, 0.3) is 0 Å². The molecule has 0 aliphatic carbocycles. The number of anilines is 1. The summed E-state index contributed by atoms with van der Waals surface area (Å²) in [6.07, 6.45) is 2.13. The van der Waals surface area contributed by atoms with Crippen molar-refractivity contribution >= 4 is 5.82 Å². The quantitative estimate of drug-likeness (QED) is 0.865. The summed E-state index contributed by atoms with van der Waals surface area (Å²) < 4.78 is 12.9. The maximum absolute atomic E-state index is 12.9. The van der Waals surface area contributed by atoms with Crippen LogP contribution in [0.3, 0.4) is 0 Å². The van der Waals surface area contributed by atoms with Crippen LogP contribution in [0.1, 0.15) is 24.1 Å². The lowest BCUT2D eigenvalue weighted by molar-refractivity contribution is 0.246. The predicted molar refractivity (Wildman–Crippen MR) is 87.8 cm³/mol. The van der Waals surface area contributed by atoms with Crippen molar-refractivity contribution in [3.05, 3.63) is 47.4 Å². The van der Waals surface area contributed by atoms with Crippen LogP contribution in [0.2, 0.25) is 0 Å². The number of piperazine rings is 1. The Morgan fingerprint density at radius 2 is 1.91 bits per heavy atom. The highest BCUT2D eigenvalue weighted by Crippen LogP contribution is 2.16. The van der Waals surface area contributed by atoms with Crippen LogP contribution in [0.5, 0.6) is 0 Å². The largest absolute Gasteiger partial charge is 0.354 e. The topological polar surface area (TPSA) is 45.2 Å². The van der Waals surface area contributed by atoms with Crippen molar-refractivity contribution in [2.75, 3.05) is 31.1 Å². The number of pyridine rings is 1. The molecule has 0 radical (unpaired) electrons. The smallest absolute Gasteiger partial charge is 0.141 e. The number of nitrogens with zero attached hydrogens (tertiary/aromatic N) is 5. The Morgan fingerprint density at radius 3 is 2.57 bits per heavy atom. The second-order valence-corrected chi connectivity index (χ2v) is 5.87. The van der Waals surface area contributed by atoms with Crippen LogP contribution in [-0.2, 0) is 13.0 Å². The van der Waals surface area contributed by atoms with E-state index in [1.165, 1.54) is 12.3 Å². The maximum Gasteiger partial charge on any atom is 0.141 e. The molecule has 2 aromatic heterocycles. The van der Waals surface area contributed by atoms with Crippen molar-refractivity contribution in [1.82, 2.24) is 19.9 Å². The zero-order valence-electron chi connectivity index (χ0n) is 13.7. The van der Waals surface area contributed by atoms with Crippen molar-refractivity contribution in [2.24, 2.45) is 0 Å². The van der Waals surface area contributed by atoms with Gasteiger partial charge >= 0.3 is 0 Å². The molecule has 0 bridgehead atoms. The van der Waals surface area contributed by atoms with Crippen molar-refractivity contribution < 1.29 is 4.39 Å². The minimum atomic E-state index is -0.288. The number of rotatable bonds is 4. The van der Waals surface area contributed by atoms with Crippen LogP contribution < -0.4 is 4.90 Å². The lowest BCUT2D eigenvalue weighted by Gasteiger charge is -2.35. The molecule has 1 saturated heterocycles. The molecule has 3 rings (SSSR count). The molecule has 23 heavy (non-hydrogen) atoms. The van der Waals surface area contributed by atoms with Gasteiger partial charge in [-0.05, 0) is 19.1 Å². The normalized spacial score (nSPS) is 15.9. The summed E-state index contributed by atoms with van der Waals surface area (Å²) in [7, 11) is 0. The zero-order chi connectivity index (χ0) is 16.2. The minimum Gasteiger partial charge on any atom is -0.354 e. The number of hydrogen-bond donors (Lipinski definition) is 0. The fourth-order valence-electron chi connectivity index (χ4n) is 2.80. The molecule has 0 atom stereocenters. The Bertz CT molecular complexity index is 651. The molecule has 0 spiro atoms. The molecule has 122 valence electrons. The van der Waals surface area contributed by atoms with E-state index in [0.717, 1.165) is 62.2 Å². The third-order valence-electron chi connectivity index (χ3n) is 4.07. The summed E-state index contributed by atoms with van der Waals surface area (Å²) in [5.41, 5.74) is 1.93. The van der Waals surface area contributed by atoms with Gasteiger partial charge in [-0.3, -0.25) is 9.88 Å². The first kappa shape index (κ1) is 15.8. The Labute approximate surface area is 136 Å².